The molecule has 0 saturated carbocycles. The van der Waals surface area contributed by atoms with Crippen molar-refractivity contribution in [3.8, 4) is 0 Å². The predicted octanol–water partition coefficient (Wildman–Crippen LogP) is 2.34. The summed E-state index contributed by atoms with van der Waals surface area (Å²) in [6, 6.07) is 5.27. The quantitative estimate of drug-likeness (QED) is 0.941. The number of aryl methyl sites for hydroxylation is 2. The van der Waals surface area contributed by atoms with Crippen LogP contribution < -0.4 is 0 Å². The summed E-state index contributed by atoms with van der Waals surface area (Å²) < 4.78 is 27.8. The van der Waals surface area contributed by atoms with Crippen molar-refractivity contribution in [1.29, 1.82) is 0 Å². The van der Waals surface area contributed by atoms with Crippen molar-refractivity contribution in [1.82, 2.24) is 19.5 Å². The molecule has 0 bridgehead atoms. The van der Waals surface area contributed by atoms with E-state index in [9.17, 15) is 8.42 Å². The highest BCUT2D eigenvalue weighted by molar-refractivity contribution is 7.89. The average molecular weight is 320 g/mol. The monoisotopic (exact) mass is 320 g/mol. The first kappa shape index (κ1) is 15.2. The van der Waals surface area contributed by atoms with Crippen molar-refractivity contribution in [3.63, 3.8) is 0 Å². The van der Waals surface area contributed by atoms with Gasteiger partial charge in [0.25, 0.3) is 0 Å². The molecule has 2 heterocycles. The first-order valence-electron chi connectivity index (χ1n) is 7.44. The molecule has 3 rings (SSSR count). The van der Waals surface area contributed by atoms with Crippen LogP contribution in [0.4, 0.5) is 0 Å². The zero-order valence-electron chi connectivity index (χ0n) is 12.8. The Kier molecular flexibility index (Phi) is 4.01. The number of H-pyrrole nitrogens is 1. The Morgan fingerprint density at radius 3 is 2.82 bits per heavy atom. The lowest BCUT2D eigenvalue weighted by Crippen LogP contribution is -2.39. The van der Waals surface area contributed by atoms with Crippen molar-refractivity contribution < 1.29 is 8.42 Å². The van der Waals surface area contributed by atoms with E-state index in [-0.39, 0.29) is 6.04 Å². The Balaban J connectivity index is 2.04. The Bertz CT molecular complexity index is 756. The SMILES string of the molecule is Cc1ccc(C)c(S(=O)(=O)N2CCCC[C@H]2c2ncn[nH]2)c1. The van der Waals surface area contributed by atoms with Gasteiger partial charge in [0.1, 0.15) is 12.2 Å². The summed E-state index contributed by atoms with van der Waals surface area (Å²) in [7, 11) is -3.54. The second kappa shape index (κ2) is 5.81. The molecule has 0 unspecified atom stereocenters. The number of sulfonamides is 1. The molecular weight excluding hydrogens is 300 g/mol. The van der Waals surface area contributed by atoms with Crippen LogP contribution in [0.15, 0.2) is 29.4 Å². The molecule has 6 nitrogen and oxygen atoms in total. The highest BCUT2D eigenvalue weighted by Crippen LogP contribution is 2.34. The summed E-state index contributed by atoms with van der Waals surface area (Å²) in [5.41, 5.74) is 1.71. The fourth-order valence-electron chi connectivity index (χ4n) is 2.95. The molecule has 1 aliphatic rings. The third-order valence-electron chi connectivity index (χ3n) is 4.13. The van der Waals surface area contributed by atoms with Gasteiger partial charge in [0.05, 0.1) is 10.9 Å². The van der Waals surface area contributed by atoms with Crippen LogP contribution in [-0.2, 0) is 10.0 Å². The van der Waals surface area contributed by atoms with Crippen LogP contribution in [0.25, 0.3) is 0 Å². The van der Waals surface area contributed by atoms with Gasteiger partial charge in [0.2, 0.25) is 10.0 Å². The van der Waals surface area contributed by atoms with Gasteiger partial charge >= 0.3 is 0 Å². The number of rotatable bonds is 3. The number of aromatic amines is 1. The Hall–Kier alpha value is -1.73. The Morgan fingerprint density at radius 1 is 1.27 bits per heavy atom. The van der Waals surface area contributed by atoms with Gasteiger partial charge < -0.3 is 0 Å². The number of piperidine rings is 1. The minimum absolute atomic E-state index is 0.263. The van der Waals surface area contributed by atoms with E-state index in [2.05, 4.69) is 15.2 Å². The third kappa shape index (κ3) is 2.66. The first-order chi connectivity index (χ1) is 10.5. The van der Waals surface area contributed by atoms with Crippen molar-refractivity contribution in [2.75, 3.05) is 6.54 Å². The van der Waals surface area contributed by atoms with Gasteiger partial charge in [-0.05, 0) is 43.9 Å². The normalized spacial score (nSPS) is 20.2. The van der Waals surface area contributed by atoms with Crippen LogP contribution in [0.5, 0.6) is 0 Å². The Labute approximate surface area is 130 Å². The molecule has 1 aromatic heterocycles. The van der Waals surface area contributed by atoms with E-state index in [1.54, 1.807) is 10.4 Å². The maximum atomic E-state index is 13.1. The van der Waals surface area contributed by atoms with E-state index < -0.39 is 10.0 Å². The van der Waals surface area contributed by atoms with Gasteiger partial charge in [-0.3, -0.25) is 5.10 Å². The van der Waals surface area contributed by atoms with E-state index in [4.69, 9.17) is 0 Å². The zero-order chi connectivity index (χ0) is 15.7. The lowest BCUT2D eigenvalue weighted by atomic mass is 10.0. The lowest BCUT2D eigenvalue weighted by Gasteiger charge is -2.33. The molecule has 7 heteroatoms. The highest BCUT2D eigenvalue weighted by Gasteiger charge is 2.36. The van der Waals surface area contributed by atoms with Gasteiger partial charge in [-0.2, -0.15) is 9.40 Å². The summed E-state index contributed by atoms with van der Waals surface area (Å²) in [6.07, 6.45) is 4.05. The second-order valence-electron chi connectivity index (χ2n) is 5.77. The fraction of sp³-hybridized carbons (Fsp3) is 0.467. The molecule has 1 aromatic carbocycles. The van der Waals surface area contributed by atoms with Crippen LogP contribution in [-0.4, -0.2) is 34.4 Å². The van der Waals surface area contributed by atoms with E-state index in [1.807, 2.05) is 26.0 Å². The third-order valence-corrected chi connectivity index (χ3v) is 6.18. The molecule has 1 saturated heterocycles. The summed E-state index contributed by atoms with van der Waals surface area (Å²) in [4.78, 5) is 4.55. The van der Waals surface area contributed by atoms with E-state index in [1.165, 1.54) is 6.33 Å². The van der Waals surface area contributed by atoms with Crippen molar-refractivity contribution in [2.45, 2.75) is 44.0 Å². The topological polar surface area (TPSA) is 79.0 Å². The van der Waals surface area contributed by atoms with Crippen molar-refractivity contribution in [3.05, 3.63) is 41.5 Å². The highest BCUT2D eigenvalue weighted by atomic mass is 32.2. The first-order valence-corrected chi connectivity index (χ1v) is 8.88. The number of hydrogen-bond acceptors (Lipinski definition) is 4. The van der Waals surface area contributed by atoms with Crippen LogP contribution in [0.2, 0.25) is 0 Å². The summed E-state index contributed by atoms with van der Waals surface area (Å²) in [5.74, 6) is 0.619. The Morgan fingerprint density at radius 2 is 2.09 bits per heavy atom. The maximum Gasteiger partial charge on any atom is 0.244 e. The molecule has 118 valence electrons. The summed E-state index contributed by atoms with van der Waals surface area (Å²) >= 11 is 0. The molecule has 0 spiro atoms. The molecule has 0 radical (unpaired) electrons. The van der Waals surface area contributed by atoms with Gasteiger partial charge in [-0.15, -0.1) is 0 Å². The predicted molar refractivity (Wildman–Crippen MR) is 82.8 cm³/mol. The van der Waals surface area contributed by atoms with E-state index >= 15 is 0 Å². The molecule has 1 aliphatic heterocycles. The number of aromatic nitrogens is 3. The molecule has 22 heavy (non-hydrogen) atoms. The molecular formula is C15H20N4O2S. The minimum Gasteiger partial charge on any atom is -0.262 e. The van der Waals surface area contributed by atoms with E-state index in [0.29, 0.717) is 17.3 Å². The van der Waals surface area contributed by atoms with Gasteiger partial charge in [-0.25, -0.2) is 13.4 Å². The summed E-state index contributed by atoms with van der Waals surface area (Å²) in [6.45, 7) is 4.25. The number of hydrogen-bond donors (Lipinski definition) is 1. The standard InChI is InChI=1S/C15H20N4O2S/c1-11-6-7-12(2)14(9-11)22(20,21)19-8-4-3-5-13(19)15-16-10-17-18-15/h6-7,9-10,13H,3-5,8H2,1-2H3,(H,16,17,18)/t13-/m0/s1. The fourth-order valence-corrected chi connectivity index (χ4v) is 4.93. The molecule has 0 amide bonds. The van der Waals surface area contributed by atoms with Gasteiger partial charge in [0, 0.05) is 6.54 Å². The van der Waals surface area contributed by atoms with Gasteiger partial charge in [0.15, 0.2) is 0 Å². The van der Waals surface area contributed by atoms with Crippen molar-refractivity contribution in [2.24, 2.45) is 0 Å². The lowest BCUT2D eigenvalue weighted by molar-refractivity contribution is 0.247. The molecule has 0 aliphatic carbocycles. The molecule has 2 aromatic rings. The molecule has 1 N–H and O–H groups in total. The molecule has 1 atom stereocenters. The average Bonchev–Trinajstić information content (AvgIpc) is 3.04. The molecule has 1 fully saturated rings. The number of nitrogens with one attached hydrogen (secondary N) is 1. The van der Waals surface area contributed by atoms with Crippen LogP contribution >= 0.6 is 0 Å². The zero-order valence-corrected chi connectivity index (χ0v) is 13.6. The van der Waals surface area contributed by atoms with Crippen LogP contribution in [0, 0.1) is 13.8 Å². The van der Waals surface area contributed by atoms with E-state index in [0.717, 1.165) is 30.4 Å². The second-order valence-corrected chi connectivity index (χ2v) is 7.63. The number of benzene rings is 1. The minimum atomic E-state index is -3.54. The summed E-state index contributed by atoms with van der Waals surface area (Å²) in [5, 5.41) is 6.68. The largest absolute Gasteiger partial charge is 0.262 e. The van der Waals surface area contributed by atoms with Crippen LogP contribution in [0.1, 0.15) is 42.3 Å². The number of nitrogens with zero attached hydrogens (tertiary/aromatic N) is 3. The van der Waals surface area contributed by atoms with Crippen LogP contribution in [0.3, 0.4) is 0 Å². The smallest absolute Gasteiger partial charge is 0.244 e. The van der Waals surface area contributed by atoms with Crippen molar-refractivity contribution >= 4 is 10.0 Å². The van der Waals surface area contributed by atoms with Gasteiger partial charge in [-0.1, -0.05) is 18.6 Å². The maximum absolute atomic E-state index is 13.1.